The van der Waals surface area contributed by atoms with Crippen LogP contribution >= 0.6 is 11.6 Å². The Morgan fingerprint density at radius 1 is 1.64 bits per heavy atom. The van der Waals surface area contributed by atoms with Crippen LogP contribution in [0.25, 0.3) is 0 Å². The molecule has 0 saturated carbocycles. The zero-order valence-corrected chi connectivity index (χ0v) is 7.30. The lowest BCUT2D eigenvalue weighted by molar-refractivity contribution is -0.196. The fourth-order valence-electron chi connectivity index (χ4n) is 0.969. The van der Waals surface area contributed by atoms with E-state index in [4.69, 9.17) is 16.4 Å². The van der Waals surface area contributed by atoms with Crippen molar-refractivity contribution in [3.8, 4) is 0 Å². The van der Waals surface area contributed by atoms with E-state index in [-0.39, 0.29) is 5.91 Å². The van der Waals surface area contributed by atoms with E-state index in [9.17, 15) is 4.79 Å². The van der Waals surface area contributed by atoms with Crippen molar-refractivity contribution in [1.82, 2.24) is 5.06 Å². The molecule has 4 heteroatoms. The average molecular weight is 178 g/mol. The van der Waals surface area contributed by atoms with E-state index in [1.54, 1.807) is 6.92 Å². The van der Waals surface area contributed by atoms with Gasteiger partial charge in [-0.25, -0.2) is 5.06 Å². The third-order valence-corrected chi connectivity index (χ3v) is 1.78. The molecule has 1 amide bonds. The minimum atomic E-state index is -0.479. The molecule has 0 aliphatic carbocycles. The summed E-state index contributed by atoms with van der Waals surface area (Å²) in [5, 5.41) is 0.884. The van der Waals surface area contributed by atoms with Crippen molar-refractivity contribution in [2.75, 3.05) is 13.2 Å². The molecular weight excluding hydrogens is 166 g/mol. The van der Waals surface area contributed by atoms with Gasteiger partial charge >= 0.3 is 0 Å². The highest BCUT2D eigenvalue weighted by molar-refractivity contribution is 6.30. The summed E-state index contributed by atoms with van der Waals surface area (Å²) in [5.41, 5.74) is 0. The van der Waals surface area contributed by atoms with E-state index in [1.165, 1.54) is 5.06 Å². The zero-order chi connectivity index (χ0) is 8.27. The van der Waals surface area contributed by atoms with Gasteiger partial charge in [0.15, 0.2) is 0 Å². The maximum absolute atomic E-state index is 11.2. The third kappa shape index (κ3) is 2.34. The highest BCUT2D eigenvalue weighted by Gasteiger charge is 2.21. The number of alkyl halides is 1. The lowest BCUT2D eigenvalue weighted by Crippen LogP contribution is -2.39. The monoisotopic (exact) mass is 177 g/mol. The molecule has 1 aliphatic heterocycles. The molecule has 1 heterocycles. The van der Waals surface area contributed by atoms with Gasteiger partial charge in [-0.3, -0.25) is 9.63 Å². The molecule has 1 atom stereocenters. The Bertz CT molecular complexity index is 143. The quantitative estimate of drug-likeness (QED) is 0.563. The Labute approximate surface area is 71.2 Å². The van der Waals surface area contributed by atoms with Crippen molar-refractivity contribution in [2.45, 2.75) is 25.1 Å². The Morgan fingerprint density at radius 3 is 2.82 bits per heavy atom. The van der Waals surface area contributed by atoms with Crippen LogP contribution in [0.2, 0.25) is 0 Å². The highest BCUT2D eigenvalue weighted by atomic mass is 35.5. The van der Waals surface area contributed by atoms with Gasteiger partial charge in [-0.2, -0.15) is 0 Å². The standard InChI is InChI=1S/C7H12ClNO2/c1-6(8)7(10)9-4-2-3-5-11-9/h6H,2-5H2,1H3. The second kappa shape index (κ2) is 3.93. The van der Waals surface area contributed by atoms with Gasteiger partial charge in [0.2, 0.25) is 0 Å². The number of hydrogen-bond acceptors (Lipinski definition) is 2. The van der Waals surface area contributed by atoms with E-state index in [1.807, 2.05) is 0 Å². The fraction of sp³-hybridized carbons (Fsp3) is 0.857. The minimum absolute atomic E-state index is 0.133. The molecule has 1 unspecified atom stereocenters. The summed E-state index contributed by atoms with van der Waals surface area (Å²) in [6, 6.07) is 0. The number of carbonyl (C=O) groups is 1. The predicted octanol–water partition coefficient (Wildman–Crippen LogP) is 1.17. The first kappa shape index (κ1) is 8.81. The van der Waals surface area contributed by atoms with Crippen LogP contribution in [0.3, 0.4) is 0 Å². The van der Waals surface area contributed by atoms with Crippen LogP contribution in [0, 0.1) is 0 Å². The molecule has 0 spiro atoms. The summed E-state index contributed by atoms with van der Waals surface area (Å²) < 4.78 is 0. The van der Waals surface area contributed by atoms with E-state index in [0.29, 0.717) is 13.2 Å². The Kier molecular flexibility index (Phi) is 3.15. The molecule has 0 radical (unpaired) electrons. The number of hydroxylamine groups is 2. The molecule has 3 nitrogen and oxygen atoms in total. The summed E-state index contributed by atoms with van der Waals surface area (Å²) in [6.45, 7) is 2.97. The molecule has 11 heavy (non-hydrogen) atoms. The second-order valence-corrected chi connectivity index (χ2v) is 3.25. The molecule has 1 aliphatic rings. The largest absolute Gasteiger partial charge is 0.271 e. The van der Waals surface area contributed by atoms with Crippen LogP contribution in [0.4, 0.5) is 0 Å². The van der Waals surface area contributed by atoms with Crippen molar-refractivity contribution in [3.05, 3.63) is 0 Å². The number of halogens is 1. The van der Waals surface area contributed by atoms with Gasteiger partial charge in [0.05, 0.1) is 6.61 Å². The summed E-state index contributed by atoms with van der Waals surface area (Å²) in [6.07, 6.45) is 2.04. The molecule has 64 valence electrons. The van der Waals surface area contributed by atoms with Crippen LogP contribution in [0.5, 0.6) is 0 Å². The van der Waals surface area contributed by atoms with Gasteiger partial charge in [0.1, 0.15) is 5.38 Å². The first-order valence-electron chi connectivity index (χ1n) is 3.80. The van der Waals surface area contributed by atoms with Crippen molar-refractivity contribution in [2.24, 2.45) is 0 Å². The van der Waals surface area contributed by atoms with Gasteiger partial charge in [0.25, 0.3) is 5.91 Å². The second-order valence-electron chi connectivity index (χ2n) is 2.60. The minimum Gasteiger partial charge on any atom is -0.271 e. The third-order valence-electron chi connectivity index (χ3n) is 1.59. The van der Waals surface area contributed by atoms with Crippen molar-refractivity contribution < 1.29 is 9.63 Å². The van der Waals surface area contributed by atoms with Crippen LogP contribution in [-0.4, -0.2) is 29.5 Å². The molecule has 0 bridgehead atoms. The molecule has 1 saturated heterocycles. The van der Waals surface area contributed by atoms with Gasteiger partial charge in [-0.15, -0.1) is 11.6 Å². The summed E-state index contributed by atoms with van der Waals surface area (Å²) in [7, 11) is 0. The van der Waals surface area contributed by atoms with Gasteiger partial charge in [-0.1, -0.05) is 0 Å². The SMILES string of the molecule is CC(Cl)C(=O)N1CCCCO1. The summed E-state index contributed by atoms with van der Waals surface area (Å²) >= 11 is 5.59. The van der Waals surface area contributed by atoms with E-state index in [2.05, 4.69) is 0 Å². The van der Waals surface area contributed by atoms with Gasteiger partial charge in [0, 0.05) is 6.54 Å². The lowest BCUT2D eigenvalue weighted by atomic mass is 10.3. The van der Waals surface area contributed by atoms with E-state index in [0.717, 1.165) is 12.8 Å². The topological polar surface area (TPSA) is 29.5 Å². The Balaban J connectivity index is 2.39. The van der Waals surface area contributed by atoms with Crippen LogP contribution in [-0.2, 0) is 9.63 Å². The molecule has 0 aromatic carbocycles. The highest BCUT2D eigenvalue weighted by Crippen LogP contribution is 2.09. The Morgan fingerprint density at radius 2 is 2.36 bits per heavy atom. The molecule has 1 fully saturated rings. The fourth-order valence-corrected chi connectivity index (χ4v) is 1.08. The summed E-state index contributed by atoms with van der Waals surface area (Å²) in [5.74, 6) is -0.133. The number of rotatable bonds is 1. The van der Waals surface area contributed by atoms with Crippen LogP contribution in [0.1, 0.15) is 19.8 Å². The molecule has 1 rings (SSSR count). The normalized spacial score (nSPS) is 21.5. The number of hydrogen-bond donors (Lipinski definition) is 0. The molecular formula is C7H12ClNO2. The zero-order valence-electron chi connectivity index (χ0n) is 6.55. The number of amides is 1. The van der Waals surface area contributed by atoms with E-state index >= 15 is 0 Å². The van der Waals surface area contributed by atoms with Crippen LogP contribution < -0.4 is 0 Å². The molecule has 0 N–H and O–H groups in total. The van der Waals surface area contributed by atoms with Crippen molar-refractivity contribution in [1.29, 1.82) is 0 Å². The lowest BCUT2D eigenvalue weighted by Gasteiger charge is -2.26. The van der Waals surface area contributed by atoms with E-state index < -0.39 is 5.38 Å². The molecule has 0 aromatic rings. The summed E-state index contributed by atoms with van der Waals surface area (Å²) in [4.78, 5) is 16.3. The predicted molar refractivity (Wildman–Crippen MR) is 42.2 cm³/mol. The maximum atomic E-state index is 11.2. The van der Waals surface area contributed by atoms with Crippen LogP contribution in [0.15, 0.2) is 0 Å². The van der Waals surface area contributed by atoms with Gasteiger partial charge < -0.3 is 0 Å². The average Bonchev–Trinajstić information content (AvgIpc) is 2.05. The van der Waals surface area contributed by atoms with Crippen molar-refractivity contribution >= 4 is 17.5 Å². The van der Waals surface area contributed by atoms with Gasteiger partial charge in [-0.05, 0) is 19.8 Å². The maximum Gasteiger partial charge on any atom is 0.263 e. The molecule has 0 aromatic heterocycles. The first-order valence-corrected chi connectivity index (χ1v) is 4.24. The number of nitrogens with zero attached hydrogens (tertiary/aromatic N) is 1. The first-order chi connectivity index (χ1) is 5.22. The smallest absolute Gasteiger partial charge is 0.263 e. The van der Waals surface area contributed by atoms with Crippen molar-refractivity contribution in [3.63, 3.8) is 0 Å². The Hall–Kier alpha value is -0.280. The number of carbonyl (C=O) groups excluding carboxylic acids is 1.